The molecule has 2 aromatic heterocycles. The van der Waals surface area contributed by atoms with Gasteiger partial charge < -0.3 is 22.1 Å². The molecule has 2 heterocycles. The molecule has 0 fully saturated rings. The van der Waals surface area contributed by atoms with Crippen LogP contribution >= 0.6 is 0 Å². The van der Waals surface area contributed by atoms with Gasteiger partial charge in [0, 0.05) is 30.7 Å². The molecule has 0 radical (unpaired) electrons. The lowest BCUT2D eigenvalue weighted by molar-refractivity contribution is 0.100. The van der Waals surface area contributed by atoms with Crippen LogP contribution in [0.5, 0.6) is 0 Å². The maximum Gasteiger partial charge on any atom is 0.252 e. The third-order valence-electron chi connectivity index (χ3n) is 3.99. The number of nitrogens with two attached hydrogens (primary N) is 2. The Bertz CT molecular complexity index is 969. The molecule has 1 aromatic carbocycles. The molecule has 0 unspecified atom stereocenters. The minimum Gasteiger partial charge on any atom is -0.365 e. The van der Waals surface area contributed by atoms with Crippen LogP contribution in [0, 0.1) is 5.82 Å². The van der Waals surface area contributed by atoms with Crippen molar-refractivity contribution in [1.82, 2.24) is 14.8 Å². The smallest absolute Gasteiger partial charge is 0.252 e. The number of aryl methyl sites for hydroxylation is 1. The molecule has 3 rings (SSSR count). The van der Waals surface area contributed by atoms with Crippen LogP contribution in [0.25, 0.3) is 10.9 Å². The Hall–Kier alpha value is -3.20. The molecular weight excluding hydrogens is 337 g/mol. The first-order chi connectivity index (χ1) is 12.4. The van der Waals surface area contributed by atoms with Gasteiger partial charge in [0.2, 0.25) is 0 Å². The summed E-state index contributed by atoms with van der Waals surface area (Å²) in [7, 11) is 1.85. The van der Waals surface area contributed by atoms with Gasteiger partial charge in [-0.3, -0.25) is 9.48 Å². The molecule has 0 saturated carbocycles. The van der Waals surface area contributed by atoms with E-state index in [1.54, 1.807) is 17.8 Å². The molecule has 26 heavy (non-hydrogen) atoms. The van der Waals surface area contributed by atoms with Crippen LogP contribution in [0.4, 0.5) is 21.7 Å². The van der Waals surface area contributed by atoms with E-state index in [2.05, 4.69) is 20.7 Å². The Morgan fingerprint density at radius 3 is 2.81 bits per heavy atom. The minimum atomic E-state index is -0.778. The summed E-state index contributed by atoms with van der Waals surface area (Å²) in [5.41, 5.74) is 12.5. The molecule has 0 aliphatic carbocycles. The van der Waals surface area contributed by atoms with Crippen molar-refractivity contribution in [1.29, 1.82) is 0 Å². The molecule has 9 heteroatoms. The normalized spacial score (nSPS) is 12.2. The number of hydrogen-bond acceptors (Lipinski definition) is 6. The van der Waals surface area contributed by atoms with Crippen molar-refractivity contribution in [3.05, 3.63) is 41.8 Å². The molecule has 0 saturated heterocycles. The van der Waals surface area contributed by atoms with Crippen LogP contribution in [-0.2, 0) is 7.05 Å². The van der Waals surface area contributed by atoms with Gasteiger partial charge in [-0.05, 0) is 31.2 Å². The third-order valence-corrected chi connectivity index (χ3v) is 3.99. The number of hydrogen-bond donors (Lipinski definition) is 4. The number of nitrogens with one attached hydrogen (secondary N) is 2. The summed E-state index contributed by atoms with van der Waals surface area (Å²) in [6, 6.07) is 6.43. The van der Waals surface area contributed by atoms with Gasteiger partial charge in [-0.15, -0.1) is 0 Å². The molecule has 1 amide bonds. The number of carbonyl (C=O) groups excluding carboxylic acids is 1. The van der Waals surface area contributed by atoms with Crippen molar-refractivity contribution < 1.29 is 9.18 Å². The van der Waals surface area contributed by atoms with Crippen molar-refractivity contribution in [3.63, 3.8) is 0 Å². The molecule has 8 nitrogen and oxygen atoms in total. The molecule has 0 bridgehead atoms. The first-order valence-electron chi connectivity index (χ1n) is 8.04. The average molecular weight is 357 g/mol. The van der Waals surface area contributed by atoms with Crippen molar-refractivity contribution in [2.45, 2.75) is 13.0 Å². The lowest BCUT2D eigenvalue weighted by atomic mass is 10.2. The lowest BCUT2D eigenvalue weighted by Gasteiger charge is -2.16. The first kappa shape index (κ1) is 17.6. The maximum absolute atomic E-state index is 14.2. The fraction of sp³-hybridized carbons (Fsp3) is 0.235. The predicted molar refractivity (Wildman–Crippen MR) is 98.8 cm³/mol. The number of benzene rings is 1. The van der Waals surface area contributed by atoms with E-state index in [1.165, 1.54) is 0 Å². The summed E-state index contributed by atoms with van der Waals surface area (Å²) in [4.78, 5) is 15.9. The van der Waals surface area contributed by atoms with Crippen molar-refractivity contribution >= 4 is 34.1 Å². The van der Waals surface area contributed by atoms with E-state index in [1.807, 2.05) is 25.2 Å². The second kappa shape index (κ2) is 6.96. The minimum absolute atomic E-state index is 0.00194. The number of carbonyl (C=O) groups is 1. The number of pyridine rings is 1. The largest absolute Gasteiger partial charge is 0.365 e. The van der Waals surface area contributed by atoms with Gasteiger partial charge in [0.05, 0.1) is 17.3 Å². The first-order valence-corrected chi connectivity index (χ1v) is 8.04. The average Bonchev–Trinajstić information content (AvgIpc) is 2.97. The Morgan fingerprint density at radius 2 is 2.12 bits per heavy atom. The molecule has 0 spiro atoms. The van der Waals surface area contributed by atoms with Gasteiger partial charge in [-0.2, -0.15) is 5.10 Å². The van der Waals surface area contributed by atoms with Gasteiger partial charge >= 0.3 is 0 Å². The van der Waals surface area contributed by atoms with Crippen molar-refractivity contribution in [2.75, 3.05) is 17.2 Å². The molecule has 3 aromatic rings. The maximum atomic E-state index is 14.2. The summed E-state index contributed by atoms with van der Waals surface area (Å²) < 4.78 is 16.0. The number of anilines is 3. The topological polar surface area (TPSA) is 124 Å². The van der Waals surface area contributed by atoms with Crippen LogP contribution in [0.2, 0.25) is 0 Å². The number of primary amides is 1. The number of nitrogens with zero attached hydrogens (tertiary/aromatic N) is 3. The summed E-state index contributed by atoms with van der Waals surface area (Å²) >= 11 is 0. The third kappa shape index (κ3) is 3.42. The quantitative estimate of drug-likeness (QED) is 0.532. The van der Waals surface area contributed by atoms with Gasteiger partial charge in [0.15, 0.2) is 11.6 Å². The second-order valence-electron chi connectivity index (χ2n) is 6.03. The van der Waals surface area contributed by atoms with Crippen molar-refractivity contribution in [2.24, 2.45) is 18.5 Å². The van der Waals surface area contributed by atoms with E-state index >= 15 is 0 Å². The highest BCUT2D eigenvalue weighted by Crippen LogP contribution is 2.26. The van der Waals surface area contributed by atoms with E-state index in [4.69, 9.17) is 11.5 Å². The molecule has 1 atom stereocenters. The number of halogens is 1. The molecule has 136 valence electrons. The molecule has 0 aliphatic rings. The van der Waals surface area contributed by atoms with Crippen LogP contribution < -0.4 is 22.1 Å². The van der Waals surface area contributed by atoms with E-state index < -0.39 is 11.7 Å². The summed E-state index contributed by atoms with van der Waals surface area (Å²) in [5.74, 6) is -1.29. The van der Waals surface area contributed by atoms with E-state index in [9.17, 15) is 9.18 Å². The summed E-state index contributed by atoms with van der Waals surface area (Å²) in [6.45, 7) is 2.10. The standard InChI is InChI=1S/C17H20FN7O/c1-9(7-19)22-17-13(18)6-12(15(20)26)16(24-17)23-11-3-4-14-10(5-11)8-21-25(14)2/h3-6,8-9H,7,19H2,1-2H3,(H2,20,26)(H2,22,23,24)/t9-/m1/s1. The van der Waals surface area contributed by atoms with Gasteiger partial charge in [-0.1, -0.05) is 0 Å². The molecule has 6 N–H and O–H groups in total. The predicted octanol–water partition coefficient (Wildman–Crippen LogP) is 1.71. The van der Waals surface area contributed by atoms with E-state index in [0.717, 1.165) is 17.0 Å². The van der Waals surface area contributed by atoms with Crippen molar-refractivity contribution in [3.8, 4) is 0 Å². The lowest BCUT2D eigenvalue weighted by Crippen LogP contribution is -2.26. The molecular formula is C17H20FN7O. The number of amides is 1. The highest BCUT2D eigenvalue weighted by Gasteiger charge is 2.17. The Balaban J connectivity index is 2.00. The van der Waals surface area contributed by atoms with E-state index in [0.29, 0.717) is 12.2 Å². The summed E-state index contributed by atoms with van der Waals surface area (Å²) in [5, 5.41) is 11.0. The zero-order chi connectivity index (χ0) is 18.8. The SMILES string of the molecule is C[C@H](CN)Nc1nc(Nc2ccc3c(cnn3C)c2)c(C(N)=O)cc1F. The van der Waals surface area contributed by atoms with Gasteiger partial charge in [-0.25, -0.2) is 9.37 Å². The Kier molecular flexibility index (Phi) is 4.72. The monoisotopic (exact) mass is 357 g/mol. The van der Waals surface area contributed by atoms with Crippen LogP contribution in [0.3, 0.4) is 0 Å². The van der Waals surface area contributed by atoms with Gasteiger partial charge in [0.25, 0.3) is 5.91 Å². The summed E-state index contributed by atoms with van der Waals surface area (Å²) in [6.07, 6.45) is 1.73. The highest BCUT2D eigenvalue weighted by molar-refractivity contribution is 5.99. The fourth-order valence-electron chi connectivity index (χ4n) is 2.54. The number of rotatable bonds is 6. The van der Waals surface area contributed by atoms with Crippen LogP contribution in [-0.4, -0.2) is 33.3 Å². The highest BCUT2D eigenvalue weighted by atomic mass is 19.1. The zero-order valence-corrected chi connectivity index (χ0v) is 14.5. The zero-order valence-electron chi connectivity index (χ0n) is 14.5. The van der Waals surface area contributed by atoms with E-state index in [-0.39, 0.29) is 23.2 Å². The number of aromatic nitrogens is 3. The number of fused-ring (bicyclic) bond motifs is 1. The Morgan fingerprint density at radius 1 is 1.35 bits per heavy atom. The van der Waals surface area contributed by atoms with Crippen LogP contribution in [0.1, 0.15) is 17.3 Å². The van der Waals surface area contributed by atoms with Gasteiger partial charge in [0.1, 0.15) is 5.82 Å². The van der Waals surface area contributed by atoms with Crippen LogP contribution in [0.15, 0.2) is 30.5 Å². The fourth-order valence-corrected chi connectivity index (χ4v) is 2.54. The molecule has 0 aliphatic heterocycles. The Labute approximate surface area is 149 Å². The second-order valence-corrected chi connectivity index (χ2v) is 6.03.